The second kappa shape index (κ2) is 7.77. The first-order valence-corrected chi connectivity index (χ1v) is 8.91. The fourth-order valence-corrected chi connectivity index (χ4v) is 3.36. The summed E-state index contributed by atoms with van der Waals surface area (Å²) in [5.41, 5.74) is 1.05. The minimum atomic E-state index is -0.101. The van der Waals surface area contributed by atoms with E-state index in [0.29, 0.717) is 12.5 Å². The molecule has 2 aromatic heterocycles. The van der Waals surface area contributed by atoms with Gasteiger partial charge in [-0.05, 0) is 38.8 Å². The molecule has 0 spiro atoms. The van der Waals surface area contributed by atoms with E-state index in [1.165, 1.54) is 0 Å². The van der Waals surface area contributed by atoms with E-state index in [4.69, 9.17) is 0 Å². The Bertz CT molecular complexity index is 726. The molecule has 0 unspecified atom stereocenters. The zero-order chi connectivity index (χ0) is 17.8. The molecule has 0 aromatic carbocycles. The van der Waals surface area contributed by atoms with Crippen molar-refractivity contribution in [2.75, 3.05) is 32.1 Å². The molecule has 0 bridgehead atoms. The predicted molar refractivity (Wildman–Crippen MR) is 96.6 cm³/mol. The summed E-state index contributed by atoms with van der Waals surface area (Å²) in [6.07, 6.45) is 6.96. The van der Waals surface area contributed by atoms with E-state index in [1.807, 2.05) is 38.3 Å². The van der Waals surface area contributed by atoms with Gasteiger partial charge < -0.3 is 4.90 Å². The van der Waals surface area contributed by atoms with Gasteiger partial charge in [0, 0.05) is 51.6 Å². The lowest BCUT2D eigenvalue weighted by molar-refractivity contribution is 0.175. The Kier molecular flexibility index (Phi) is 5.47. The van der Waals surface area contributed by atoms with Crippen LogP contribution < -0.4 is 10.6 Å². The van der Waals surface area contributed by atoms with E-state index in [1.54, 1.807) is 4.57 Å². The second-order valence-corrected chi connectivity index (χ2v) is 6.90. The van der Waals surface area contributed by atoms with Gasteiger partial charge in [0.2, 0.25) is 5.95 Å². The van der Waals surface area contributed by atoms with Crippen molar-refractivity contribution in [3.63, 3.8) is 0 Å². The maximum absolute atomic E-state index is 11.7. The normalized spacial score (nSPS) is 16.3. The molecule has 136 valence electrons. The molecule has 1 aliphatic heterocycles. The monoisotopic (exact) mass is 345 g/mol. The summed E-state index contributed by atoms with van der Waals surface area (Å²) in [6, 6.07) is 0. The van der Waals surface area contributed by atoms with Crippen molar-refractivity contribution < 1.29 is 0 Å². The molecule has 0 aliphatic carbocycles. The molecule has 0 radical (unpaired) electrons. The number of aromatic amines is 1. The SMILES string of the molecule is CCn1c(CC2CCN(Cc3cnc(N(C)C)nc3)CC2)n[nH]c1=O. The third kappa shape index (κ3) is 4.25. The summed E-state index contributed by atoms with van der Waals surface area (Å²) in [7, 11) is 3.88. The summed E-state index contributed by atoms with van der Waals surface area (Å²) in [4.78, 5) is 24.8. The van der Waals surface area contributed by atoms with Crippen LogP contribution in [0, 0.1) is 5.92 Å². The molecule has 1 saturated heterocycles. The number of anilines is 1. The molecule has 0 amide bonds. The third-order valence-corrected chi connectivity index (χ3v) is 4.83. The summed E-state index contributed by atoms with van der Waals surface area (Å²) in [5.74, 6) is 2.21. The first kappa shape index (κ1) is 17.6. The van der Waals surface area contributed by atoms with Crippen LogP contribution in [0.5, 0.6) is 0 Å². The molecule has 8 heteroatoms. The Hall–Kier alpha value is -2.22. The number of rotatable bonds is 6. The number of aromatic nitrogens is 5. The standard InChI is InChI=1S/C17H27N7O/c1-4-24-15(20-21-17(24)25)9-13-5-7-23(8-6-13)12-14-10-18-16(19-11-14)22(2)3/h10-11,13H,4-9,12H2,1-3H3,(H,21,25). The molecule has 0 atom stereocenters. The van der Waals surface area contributed by atoms with Crippen LogP contribution in [0.25, 0.3) is 0 Å². The van der Waals surface area contributed by atoms with Crippen molar-refractivity contribution in [3.05, 3.63) is 34.3 Å². The average Bonchev–Trinajstić information content (AvgIpc) is 2.96. The topological polar surface area (TPSA) is 82.9 Å². The van der Waals surface area contributed by atoms with Crippen LogP contribution in [-0.2, 0) is 19.5 Å². The van der Waals surface area contributed by atoms with Gasteiger partial charge in [0.25, 0.3) is 0 Å². The summed E-state index contributed by atoms with van der Waals surface area (Å²) >= 11 is 0. The molecule has 25 heavy (non-hydrogen) atoms. The summed E-state index contributed by atoms with van der Waals surface area (Å²) < 4.78 is 1.73. The number of nitrogens with one attached hydrogen (secondary N) is 1. The van der Waals surface area contributed by atoms with E-state index in [9.17, 15) is 4.79 Å². The van der Waals surface area contributed by atoms with Crippen LogP contribution in [0.3, 0.4) is 0 Å². The van der Waals surface area contributed by atoms with Crippen molar-refractivity contribution >= 4 is 5.95 Å². The highest BCUT2D eigenvalue weighted by Gasteiger charge is 2.22. The molecular weight excluding hydrogens is 318 g/mol. The number of piperidine rings is 1. The van der Waals surface area contributed by atoms with Crippen LogP contribution >= 0.6 is 0 Å². The molecule has 3 rings (SSSR count). The van der Waals surface area contributed by atoms with E-state index < -0.39 is 0 Å². The minimum absolute atomic E-state index is 0.101. The molecule has 1 aliphatic rings. The number of hydrogen-bond acceptors (Lipinski definition) is 6. The van der Waals surface area contributed by atoms with E-state index in [2.05, 4.69) is 25.1 Å². The van der Waals surface area contributed by atoms with Crippen molar-refractivity contribution in [1.82, 2.24) is 29.6 Å². The Labute approximate surface area is 147 Å². The molecule has 0 saturated carbocycles. The Morgan fingerprint density at radius 3 is 2.52 bits per heavy atom. The Morgan fingerprint density at radius 1 is 1.24 bits per heavy atom. The summed E-state index contributed by atoms with van der Waals surface area (Å²) in [5, 5.41) is 6.74. The molecule has 8 nitrogen and oxygen atoms in total. The predicted octanol–water partition coefficient (Wildman–Crippen LogP) is 0.902. The van der Waals surface area contributed by atoms with Crippen LogP contribution in [0.1, 0.15) is 31.2 Å². The molecule has 3 heterocycles. The molecule has 2 aromatic rings. The second-order valence-electron chi connectivity index (χ2n) is 6.90. The van der Waals surface area contributed by atoms with Gasteiger partial charge in [0.05, 0.1) is 0 Å². The number of hydrogen-bond donors (Lipinski definition) is 1. The largest absolute Gasteiger partial charge is 0.347 e. The quantitative estimate of drug-likeness (QED) is 0.838. The zero-order valence-corrected chi connectivity index (χ0v) is 15.3. The first-order chi connectivity index (χ1) is 12.1. The van der Waals surface area contributed by atoms with Gasteiger partial charge in [-0.1, -0.05) is 0 Å². The van der Waals surface area contributed by atoms with Gasteiger partial charge in [-0.3, -0.25) is 9.47 Å². The van der Waals surface area contributed by atoms with Crippen molar-refractivity contribution in [1.29, 1.82) is 0 Å². The minimum Gasteiger partial charge on any atom is -0.347 e. The maximum atomic E-state index is 11.7. The maximum Gasteiger partial charge on any atom is 0.343 e. The highest BCUT2D eigenvalue weighted by molar-refractivity contribution is 5.26. The van der Waals surface area contributed by atoms with Crippen LogP contribution in [0.15, 0.2) is 17.2 Å². The Morgan fingerprint density at radius 2 is 1.92 bits per heavy atom. The highest BCUT2D eigenvalue weighted by Crippen LogP contribution is 2.22. The molecule has 1 N–H and O–H groups in total. The van der Waals surface area contributed by atoms with Crippen LogP contribution in [0.2, 0.25) is 0 Å². The van der Waals surface area contributed by atoms with E-state index >= 15 is 0 Å². The highest BCUT2D eigenvalue weighted by atomic mass is 16.1. The van der Waals surface area contributed by atoms with E-state index in [0.717, 1.165) is 56.2 Å². The lowest BCUT2D eigenvalue weighted by Gasteiger charge is -2.31. The van der Waals surface area contributed by atoms with Gasteiger partial charge in [-0.25, -0.2) is 19.9 Å². The smallest absolute Gasteiger partial charge is 0.343 e. The van der Waals surface area contributed by atoms with Gasteiger partial charge >= 0.3 is 5.69 Å². The van der Waals surface area contributed by atoms with Crippen LogP contribution in [0.4, 0.5) is 5.95 Å². The molecular formula is C17H27N7O. The molecule has 1 fully saturated rings. The van der Waals surface area contributed by atoms with Crippen LogP contribution in [-0.4, -0.2) is 56.8 Å². The number of likely N-dealkylation sites (tertiary alicyclic amines) is 1. The third-order valence-electron chi connectivity index (χ3n) is 4.83. The van der Waals surface area contributed by atoms with Crippen molar-refractivity contribution in [2.24, 2.45) is 5.92 Å². The van der Waals surface area contributed by atoms with Gasteiger partial charge in [-0.15, -0.1) is 0 Å². The first-order valence-electron chi connectivity index (χ1n) is 8.91. The van der Waals surface area contributed by atoms with E-state index in [-0.39, 0.29) is 5.69 Å². The van der Waals surface area contributed by atoms with Gasteiger partial charge in [0.1, 0.15) is 5.82 Å². The number of H-pyrrole nitrogens is 1. The van der Waals surface area contributed by atoms with Crippen molar-refractivity contribution in [2.45, 2.75) is 39.3 Å². The summed E-state index contributed by atoms with van der Waals surface area (Å²) in [6.45, 7) is 5.66. The lowest BCUT2D eigenvalue weighted by Crippen LogP contribution is -2.34. The fraction of sp³-hybridized carbons (Fsp3) is 0.647. The van der Waals surface area contributed by atoms with Gasteiger partial charge in [0.15, 0.2) is 0 Å². The average molecular weight is 345 g/mol. The van der Waals surface area contributed by atoms with Gasteiger partial charge in [-0.2, -0.15) is 5.10 Å². The zero-order valence-electron chi connectivity index (χ0n) is 15.3. The van der Waals surface area contributed by atoms with Crippen molar-refractivity contribution in [3.8, 4) is 0 Å². The Balaban J connectivity index is 1.50. The fourth-order valence-electron chi connectivity index (χ4n) is 3.36. The number of nitrogens with zero attached hydrogens (tertiary/aromatic N) is 6. The lowest BCUT2D eigenvalue weighted by atomic mass is 9.93.